The maximum Gasteiger partial charge on any atom is 0.257 e. The maximum atomic E-state index is 12.7. The Hall–Kier alpha value is -3.19. The van der Waals surface area contributed by atoms with Crippen molar-refractivity contribution in [1.82, 2.24) is 4.98 Å². The molecule has 0 aliphatic rings. The second-order valence-electron chi connectivity index (χ2n) is 6.43. The van der Waals surface area contributed by atoms with Crippen LogP contribution in [0.25, 0.3) is 0 Å². The highest BCUT2D eigenvalue weighted by Crippen LogP contribution is 2.23. The van der Waals surface area contributed by atoms with Crippen molar-refractivity contribution in [1.29, 1.82) is 0 Å². The molecule has 0 bridgehead atoms. The molecule has 1 N–H and O–H groups in total. The summed E-state index contributed by atoms with van der Waals surface area (Å²) in [4.78, 5) is 16.7. The van der Waals surface area contributed by atoms with E-state index < -0.39 is 10.0 Å². The van der Waals surface area contributed by atoms with Gasteiger partial charge < -0.3 is 5.32 Å². The molecule has 0 aliphatic carbocycles. The molecule has 28 heavy (non-hydrogen) atoms. The van der Waals surface area contributed by atoms with Crippen LogP contribution in [0, 0.1) is 0 Å². The Morgan fingerprint density at radius 3 is 2.21 bits per heavy atom. The van der Waals surface area contributed by atoms with E-state index >= 15 is 0 Å². The number of amides is 1. The lowest BCUT2D eigenvalue weighted by atomic mass is 10.1. The molecule has 7 heteroatoms. The third-order valence-corrected chi connectivity index (χ3v) is 5.55. The van der Waals surface area contributed by atoms with Crippen molar-refractivity contribution < 1.29 is 13.2 Å². The van der Waals surface area contributed by atoms with Gasteiger partial charge in [-0.1, -0.05) is 24.3 Å². The molecule has 3 aromatic rings. The highest BCUT2D eigenvalue weighted by Gasteiger charge is 2.19. The van der Waals surface area contributed by atoms with Gasteiger partial charge in [-0.25, -0.2) is 8.42 Å². The van der Waals surface area contributed by atoms with Crippen LogP contribution >= 0.6 is 0 Å². The Balaban J connectivity index is 1.75. The lowest BCUT2D eigenvalue weighted by Gasteiger charge is -2.19. The molecule has 1 aromatic heterocycles. The Morgan fingerprint density at radius 2 is 1.57 bits per heavy atom. The van der Waals surface area contributed by atoms with Crippen LogP contribution in [0.15, 0.2) is 73.1 Å². The van der Waals surface area contributed by atoms with E-state index in [1.807, 2.05) is 36.4 Å². The fourth-order valence-corrected chi connectivity index (χ4v) is 3.28. The monoisotopic (exact) mass is 395 g/mol. The number of carbonyl (C=O) groups is 1. The van der Waals surface area contributed by atoms with Gasteiger partial charge in [-0.05, 0) is 53.9 Å². The van der Waals surface area contributed by atoms with Gasteiger partial charge in [0.25, 0.3) is 5.91 Å². The lowest BCUT2D eigenvalue weighted by molar-refractivity contribution is 0.102. The van der Waals surface area contributed by atoms with Gasteiger partial charge in [0.15, 0.2) is 0 Å². The van der Waals surface area contributed by atoms with Crippen molar-refractivity contribution >= 4 is 27.3 Å². The van der Waals surface area contributed by atoms with Crippen molar-refractivity contribution in [3.8, 4) is 0 Å². The van der Waals surface area contributed by atoms with E-state index in [1.165, 1.54) is 7.05 Å². The van der Waals surface area contributed by atoms with Gasteiger partial charge in [0.2, 0.25) is 10.0 Å². The van der Waals surface area contributed by atoms with Crippen LogP contribution < -0.4 is 9.62 Å². The molecule has 2 aromatic carbocycles. The SMILES string of the molecule is CN(c1ccccc1C(=O)Nc1ccc(Cc2ccncc2)cc1)S(C)(=O)=O. The first-order valence-corrected chi connectivity index (χ1v) is 10.5. The van der Waals surface area contributed by atoms with E-state index in [0.717, 1.165) is 28.1 Å². The fourth-order valence-electron chi connectivity index (χ4n) is 2.76. The predicted octanol–water partition coefficient (Wildman–Crippen LogP) is 3.32. The number of pyridine rings is 1. The topological polar surface area (TPSA) is 79.4 Å². The Bertz CT molecular complexity index is 1070. The number of benzene rings is 2. The summed E-state index contributed by atoms with van der Waals surface area (Å²) in [6, 6.07) is 18.1. The number of anilines is 2. The zero-order chi connectivity index (χ0) is 20.1. The van der Waals surface area contributed by atoms with E-state index in [-0.39, 0.29) is 11.5 Å². The molecule has 6 nitrogen and oxygen atoms in total. The summed E-state index contributed by atoms with van der Waals surface area (Å²) in [5, 5.41) is 2.83. The summed E-state index contributed by atoms with van der Waals surface area (Å²) in [5.74, 6) is -0.368. The lowest BCUT2D eigenvalue weighted by Crippen LogP contribution is -2.27. The largest absolute Gasteiger partial charge is 0.322 e. The van der Waals surface area contributed by atoms with Crippen LogP contribution in [0.4, 0.5) is 11.4 Å². The highest BCUT2D eigenvalue weighted by atomic mass is 32.2. The van der Waals surface area contributed by atoms with Crippen molar-refractivity contribution in [2.75, 3.05) is 22.9 Å². The molecule has 0 saturated heterocycles. The van der Waals surface area contributed by atoms with Crippen LogP contribution in [-0.2, 0) is 16.4 Å². The van der Waals surface area contributed by atoms with Gasteiger partial charge in [-0.2, -0.15) is 0 Å². The smallest absolute Gasteiger partial charge is 0.257 e. The number of hydrogen-bond acceptors (Lipinski definition) is 4. The number of nitrogens with zero attached hydrogens (tertiary/aromatic N) is 2. The molecule has 1 amide bonds. The maximum absolute atomic E-state index is 12.7. The van der Waals surface area contributed by atoms with Gasteiger partial charge in [-0.3, -0.25) is 14.1 Å². The zero-order valence-electron chi connectivity index (χ0n) is 15.7. The van der Waals surface area contributed by atoms with Gasteiger partial charge >= 0.3 is 0 Å². The average molecular weight is 395 g/mol. The van der Waals surface area contributed by atoms with E-state index in [9.17, 15) is 13.2 Å². The molecular formula is C21H21N3O3S. The molecule has 0 saturated carbocycles. The summed E-state index contributed by atoms with van der Waals surface area (Å²) < 4.78 is 24.8. The first-order valence-electron chi connectivity index (χ1n) is 8.67. The van der Waals surface area contributed by atoms with Crippen molar-refractivity contribution in [2.45, 2.75) is 6.42 Å². The van der Waals surface area contributed by atoms with Gasteiger partial charge in [0, 0.05) is 25.1 Å². The van der Waals surface area contributed by atoms with Crippen molar-refractivity contribution in [3.63, 3.8) is 0 Å². The summed E-state index contributed by atoms with van der Waals surface area (Å²) in [6.07, 6.45) is 5.39. The molecule has 0 aliphatic heterocycles. The first kappa shape index (κ1) is 19.6. The molecule has 0 atom stereocenters. The second kappa shape index (κ2) is 8.22. The minimum absolute atomic E-state index is 0.288. The first-order chi connectivity index (χ1) is 13.3. The Morgan fingerprint density at radius 1 is 0.964 bits per heavy atom. The molecule has 0 radical (unpaired) electrons. The summed E-state index contributed by atoms with van der Waals surface area (Å²) >= 11 is 0. The number of para-hydroxylation sites is 1. The van der Waals surface area contributed by atoms with Crippen LogP contribution in [0.3, 0.4) is 0 Å². The standard InChI is InChI=1S/C21H21N3O3S/c1-24(28(2,26)27)20-6-4-3-5-19(20)21(25)23-18-9-7-16(8-10-18)15-17-11-13-22-14-12-17/h3-14H,15H2,1-2H3,(H,23,25). The summed E-state index contributed by atoms with van der Waals surface area (Å²) in [5.41, 5.74) is 3.53. The minimum atomic E-state index is -3.47. The molecule has 0 unspecified atom stereocenters. The molecule has 0 fully saturated rings. The molecule has 3 rings (SSSR count). The predicted molar refractivity (Wildman–Crippen MR) is 111 cm³/mol. The average Bonchev–Trinajstić information content (AvgIpc) is 2.69. The molecule has 1 heterocycles. The number of aromatic nitrogens is 1. The Labute approximate surface area is 164 Å². The Kier molecular flexibility index (Phi) is 5.75. The van der Waals surface area contributed by atoms with E-state index in [0.29, 0.717) is 11.4 Å². The number of hydrogen-bond donors (Lipinski definition) is 1. The van der Waals surface area contributed by atoms with Gasteiger partial charge in [0.05, 0.1) is 17.5 Å². The zero-order valence-corrected chi connectivity index (χ0v) is 16.5. The van der Waals surface area contributed by atoms with Crippen molar-refractivity contribution in [2.24, 2.45) is 0 Å². The van der Waals surface area contributed by atoms with Crippen LogP contribution in [-0.4, -0.2) is 32.6 Å². The summed E-state index contributed by atoms with van der Waals surface area (Å²) in [6.45, 7) is 0. The number of carbonyl (C=O) groups excluding carboxylic acids is 1. The van der Waals surface area contributed by atoms with Crippen molar-refractivity contribution in [3.05, 3.63) is 89.7 Å². The normalized spacial score (nSPS) is 11.1. The number of rotatable bonds is 6. The third kappa shape index (κ3) is 4.75. The summed E-state index contributed by atoms with van der Waals surface area (Å²) in [7, 11) is -2.05. The van der Waals surface area contributed by atoms with E-state index in [4.69, 9.17) is 0 Å². The van der Waals surface area contributed by atoms with E-state index in [1.54, 1.807) is 36.7 Å². The fraction of sp³-hybridized carbons (Fsp3) is 0.143. The van der Waals surface area contributed by atoms with E-state index in [2.05, 4.69) is 10.3 Å². The molecule has 0 spiro atoms. The van der Waals surface area contributed by atoms with Crippen LogP contribution in [0.1, 0.15) is 21.5 Å². The van der Waals surface area contributed by atoms with Gasteiger partial charge in [-0.15, -0.1) is 0 Å². The second-order valence-corrected chi connectivity index (χ2v) is 8.44. The molecule has 144 valence electrons. The van der Waals surface area contributed by atoms with Crippen LogP contribution in [0.2, 0.25) is 0 Å². The van der Waals surface area contributed by atoms with Gasteiger partial charge in [0.1, 0.15) is 0 Å². The quantitative estimate of drug-likeness (QED) is 0.694. The number of sulfonamides is 1. The highest BCUT2D eigenvalue weighted by molar-refractivity contribution is 7.92. The van der Waals surface area contributed by atoms with Crippen LogP contribution in [0.5, 0.6) is 0 Å². The molecular weight excluding hydrogens is 374 g/mol. The third-order valence-electron chi connectivity index (χ3n) is 4.35. The number of nitrogens with one attached hydrogen (secondary N) is 1. The minimum Gasteiger partial charge on any atom is -0.322 e.